The highest BCUT2D eigenvalue weighted by molar-refractivity contribution is 7.92. The van der Waals surface area contributed by atoms with Crippen LogP contribution in [0, 0.1) is 5.82 Å². The number of pyridine rings is 1. The first-order chi connectivity index (χ1) is 14.7. The molecule has 2 amide bonds. The summed E-state index contributed by atoms with van der Waals surface area (Å²) >= 11 is 0. The van der Waals surface area contributed by atoms with E-state index in [2.05, 4.69) is 15.6 Å². The smallest absolute Gasteiger partial charge is 0.257 e. The molecule has 3 rings (SSSR count). The van der Waals surface area contributed by atoms with Crippen molar-refractivity contribution in [3.05, 3.63) is 84.4 Å². The zero-order valence-corrected chi connectivity index (χ0v) is 17.3. The van der Waals surface area contributed by atoms with Gasteiger partial charge in [0.1, 0.15) is 12.4 Å². The lowest BCUT2D eigenvalue weighted by Crippen LogP contribution is -2.37. The first-order valence-electron chi connectivity index (χ1n) is 9.07. The van der Waals surface area contributed by atoms with Crippen molar-refractivity contribution in [3.63, 3.8) is 0 Å². The van der Waals surface area contributed by atoms with Crippen LogP contribution in [-0.4, -0.2) is 38.0 Å². The van der Waals surface area contributed by atoms with E-state index in [0.29, 0.717) is 16.9 Å². The van der Waals surface area contributed by atoms with Crippen LogP contribution in [0.3, 0.4) is 0 Å². The Balaban J connectivity index is 1.71. The van der Waals surface area contributed by atoms with Gasteiger partial charge in [0.05, 0.1) is 17.5 Å². The molecule has 0 fully saturated rings. The second kappa shape index (κ2) is 9.35. The highest BCUT2D eigenvalue weighted by Crippen LogP contribution is 2.20. The van der Waals surface area contributed by atoms with Crippen molar-refractivity contribution in [1.82, 2.24) is 4.98 Å². The van der Waals surface area contributed by atoms with Gasteiger partial charge in [0.15, 0.2) is 0 Å². The number of halogens is 1. The van der Waals surface area contributed by atoms with Gasteiger partial charge in [-0.3, -0.25) is 18.9 Å². The molecule has 31 heavy (non-hydrogen) atoms. The topological polar surface area (TPSA) is 108 Å². The molecule has 1 heterocycles. The van der Waals surface area contributed by atoms with Crippen LogP contribution < -0.4 is 14.9 Å². The maximum atomic E-state index is 13.5. The number of benzene rings is 2. The van der Waals surface area contributed by atoms with Crippen LogP contribution in [-0.2, 0) is 14.8 Å². The Morgan fingerprint density at radius 2 is 1.71 bits per heavy atom. The predicted molar refractivity (Wildman–Crippen MR) is 116 cm³/mol. The molecule has 0 aliphatic heterocycles. The Hall–Kier alpha value is -3.79. The van der Waals surface area contributed by atoms with Crippen LogP contribution in [0.5, 0.6) is 0 Å². The fraction of sp³-hybridized carbons (Fsp3) is 0.0952. The first-order valence-corrected chi connectivity index (χ1v) is 10.9. The van der Waals surface area contributed by atoms with Gasteiger partial charge < -0.3 is 10.6 Å². The minimum Gasteiger partial charge on any atom is -0.324 e. The third kappa shape index (κ3) is 6.09. The molecule has 0 unspecified atom stereocenters. The summed E-state index contributed by atoms with van der Waals surface area (Å²) in [6, 6.07) is 14.6. The van der Waals surface area contributed by atoms with Crippen molar-refractivity contribution < 1.29 is 22.4 Å². The molecule has 160 valence electrons. The van der Waals surface area contributed by atoms with Crippen molar-refractivity contribution in [2.45, 2.75) is 0 Å². The van der Waals surface area contributed by atoms with Gasteiger partial charge in [-0.2, -0.15) is 0 Å². The minimum atomic E-state index is -3.83. The second-order valence-corrected chi connectivity index (χ2v) is 8.48. The first kappa shape index (κ1) is 21.9. The number of carbonyl (C=O) groups is 2. The zero-order valence-electron chi connectivity index (χ0n) is 16.4. The molecule has 8 nitrogen and oxygen atoms in total. The van der Waals surface area contributed by atoms with Gasteiger partial charge in [-0.1, -0.05) is 12.1 Å². The van der Waals surface area contributed by atoms with Crippen LogP contribution in [0.15, 0.2) is 73.1 Å². The van der Waals surface area contributed by atoms with Crippen LogP contribution in [0.1, 0.15) is 10.4 Å². The summed E-state index contributed by atoms with van der Waals surface area (Å²) < 4.78 is 38.5. The van der Waals surface area contributed by atoms with Crippen LogP contribution in [0.4, 0.5) is 21.5 Å². The third-order valence-corrected chi connectivity index (χ3v) is 5.25. The largest absolute Gasteiger partial charge is 0.324 e. The summed E-state index contributed by atoms with van der Waals surface area (Å²) in [5.41, 5.74) is 1.18. The molecule has 3 aromatic rings. The third-order valence-electron chi connectivity index (χ3n) is 4.11. The standard InChI is InChI=1S/C21H19FN4O4S/c1-31(29,30)26(19-9-2-6-16(22)11-19)14-20(27)24-17-7-3-8-18(12-17)25-21(28)15-5-4-10-23-13-15/h2-13H,14H2,1H3,(H,24,27)(H,25,28). The Morgan fingerprint density at radius 3 is 2.35 bits per heavy atom. The molecule has 0 aliphatic rings. The van der Waals surface area contributed by atoms with Crippen LogP contribution >= 0.6 is 0 Å². The lowest BCUT2D eigenvalue weighted by Gasteiger charge is -2.22. The van der Waals surface area contributed by atoms with E-state index in [9.17, 15) is 22.4 Å². The zero-order chi connectivity index (χ0) is 22.4. The van der Waals surface area contributed by atoms with Gasteiger partial charge in [-0.05, 0) is 48.5 Å². The second-order valence-electron chi connectivity index (χ2n) is 6.57. The number of sulfonamides is 1. The summed E-state index contributed by atoms with van der Waals surface area (Å²) in [5, 5.41) is 5.27. The van der Waals surface area contributed by atoms with Gasteiger partial charge in [0.25, 0.3) is 5.91 Å². The molecule has 2 N–H and O–H groups in total. The van der Waals surface area contributed by atoms with Gasteiger partial charge in [0, 0.05) is 23.8 Å². The molecule has 0 aliphatic carbocycles. The summed E-state index contributed by atoms with van der Waals surface area (Å²) in [5.74, 6) is -1.63. The number of amides is 2. The highest BCUT2D eigenvalue weighted by Gasteiger charge is 2.21. The Bertz CT molecular complexity index is 1200. The van der Waals surface area contributed by atoms with Gasteiger partial charge in [-0.15, -0.1) is 0 Å². The Kier molecular flexibility index (Phi) is 6.61. The lowest BCUT2D eigenvalue weighted by molar-refractivity contribution is -0.114. The molecule has 0 saturated heterocycles. The monoisotopic (exact) mass is 442 g/mol. The average molecular weight is 442 g/mol. The van der Waals surface area contributed by atoms with Crippen molar-refractivity contribution in [1.29, 1.82) is 0 Å². The summed E-state index contributed by atoms with van der Waals surface area (Å²) in [4.78, 5) is 28.6. The van der Waals surface area contributed by atoms with E-state index < -0.39 is 28.3 Å². The number of hydrogen-bond acceptors (Lipinski definition) is 5. The maximum Gasteiger partial charge on any atom is 0.257 e. The van der Waals surface area contributed by atoms with Crippen molar-refractivity contribution in [3.8, 4) is 0 Å². The molecule has 0 spiro atoms. The van der Waals surface area contributed by atoms with E-state index in [1.165, 1.54) is 30.5 Å². The van der Waals surface area contributed by atoms with Crippen molar-refractivity contribution in [2.24, 2.45) is 0 Å². The molecule has 0 atom stereocenters. The fourth-order valence-corrected chi connectivity index (χ4v) is 3.59. The lowest BCUT2D eigenvalue weighted by atomic mass is 10.2. The Labute approximate surface area is 178 Å². The molecule has 0 bridgehead atoms. The minimum absolute atomic E-state index is 0.0372. The number of nitrogens with zero attached hydrogens (tertiary/aromatic N) is 2. The quantitative estimate of drug-likeness (QED) is 0.585. The number of rotatable bonds is 7. The maximum absolute atomic E-state index is 13.5. The molecular weight excluding hydrogens is 423 g/mol. The average Bonchev–Trinajstić information content (AvgIpc) is 2.72. The van der Waals surface area contributed by atoms with Crippen LogP contribution in [0.2, 0.25) is 0 Å². The summed E-state index contributed by atoms with van der Waals surface area (Å²) in [6.07, 6.45) is 3.91. The molecular formula is C21H19FN4O4S. The number of carbonyl (C=O) groups excluding carboxylic acids is 2. The van der Waals surface area contributed by atoms with Crippen LogP contribution in [0.25, 0.3) is 0 Å². The number of hydrogen-bond donors (Lipinski definition) is 2. The van der Waals surface area contributed by atoms with E-state index in [1.54, 1.807) is 36.5 Å². The number of aromatic nitrogens is 1. The molecule has 1 aromatic heterocycles. The predicted octanol–water partition coefficient (Wildman–Crippen LogP) is 2.88. The van der Waals surface area contributed by atoms with Gasteiger partial charge in [0.2, 0.25) is 15.9 Å². The van der Waals surface area contributed by atoms with E-state index >= 15 is 0 Å². The number of nitrogens with one attached hydrogen (secondary N) is 2. The van der Waals surface area contributed by atoms with Crippen molar-refractivity contribution >= 4 is 38.9 Å². The van der Waals surface area contributed by atoms with Gasteiger partial charge in [-0.25, -0.2) is 12.8 Å². The van der Waals surface area contributed by atoms with E-state index in [1.807, 2.05) is 0 Å². The van der Waals surface area contributed by atoms with E-state index in [0.717, 1.165) is 16.6 Å². The highest BCUT2D eigenvalue weighted by atomic mass is 32.2. The molecule has 10 heteroatoms. The van der Waals surface area contributed by atoms with Crippen molar-refractivity contribution in [2.75, 3.05) is 27.7 Å². The molecule has 0 radical (unpaired) electrons. The SMILES string of the molecule is CS(=O)(=O)N(CC(=O)Nc1cccc(NC(=O)c2cccnc2)c1)c1cccc(F)c1. The molecule has 0 saturated carbocycles. The van der Waals surface area contributed by atoms with E-state index in [4.69, 9.17) is 0 Å². The van der Waals surface area contributed by atoms with E-state index in [-0.39, 0.29) is 11.6 Å². The summed E-state index contributed by atoms with van der Waals surface area (Å²) in [6.45, 7) is -0.547. The molecule has 2 aromatic carbocycles. The Morgan fingerprint density at radius 1 is 1.00 bits per heavy atom. The van der Waals surface area contributed by atoms with Gasteiger partial charge >= 0.3 is 0 Å². The fourth-order valence-electron chi connectivity index (χ4n) is 2.74. The normalized spacial score (nSPS) is 10.9. The number of anilines is 3. The summed E-state index contributed by atoms with van der Waals surface area (Å²) in [7, 11) is -3.83.